The van der Waals surface area contributed by atoms with Gasteiger partial charge in [0.15, 0.2) is 0 Å². The minimum Gasteiger partial charge on any atom is -0.337 e. The van der Waals surface area contributed by atoms with Crippen molar-refractivity contribution in [1.29, 1.82) is 0 Å². The first-order chi connectivity index (χ1) is 9.76. The molecule has 3 heteroatoms. The van der Waals surface area contributed by atoms with Gasteiger partial charge in [0, 0.05) is 24.7 Å². The van der Waals surface area contributed by atoms with E-state index in [1.807, 2.05) is 23.1 Å². The van der Waals surface area contributed by atoms with Gasteiger partial charge in [0.1, 0.15) is 0 Å². The van der Waals surface area contributed by atoms with Gasteiger partial charge in [0.05, 0.1) is 0 Å². The number of rotatable bonds is 6. The molecular weight excluding hydrogens is 248 g/mol. The monoisotopic (exact) mass is 274 g/mol. The molecule has 1 amide bonds. The minimum atomic E-state index is 0.193. The third kappa shape index (κ3) is 3.60. The molecule has 0 saturated carbocycles. The van der Waals surface area contributed by atoms with E-state index in [1.165, 1.54) is 12.8 Å². The van der Waals surface area contributed by atoms with Crippen molar-refractivity contribution in [2.24, 2.45) is 0 Å². The first-order valence-corrected chi connectivity index (χ1v) is 7.86. The van der Waals surface area contributed by atoms with Crippen LogP contribution in [0.15, 0.2) is 24.3 Å². The van der Waals surface area contributed by atoms with Crippen LogP contribution < -0.4 is 5.32 Å². The molecule has 1 aromatic carbocycles. The molecule has 1 aliphatic rings. The molecule has 1 unspecified atom stereocenters. The van der Waals surface area contributed by atoms with Crippen molar-refractivity contribution in [1.82, 2.24) is 10.2 Å². The highest BCUT2D eigenvalue weighted by Gasteiger charge is 2.22. The molecule has 0 bridgehead atoms. The van der Waals surface area contributed by atoms with Crippen LogP contribution in [0.25, 0.3) is 0 Å². The van der Waals surface area contributed by atoms with E-state index >= 15 is 0 Å². The summed E-state index contributed by atoms with van der Waals surface area (Å²) in [5.41, 5.74) is 2.03. The zero-order valence-electron chi connectivity index (χ0n) is 12.7. The summed E-state index contributed by atoms with van der Waals surface area (Å²) in [5, 5.41) is 3.49. The van der Waals surface area contributed by atoms with Gasteiger partial charge in [-0.1, -0.05) is 32.0 Å². The van der Waals surface area contributed by atoms with Gasteiger partial charge in [-0.25, -0.2) is 0 Å². The van der Waals surface area contributed by atoms with Crippen molar-refractivity contribution < 1.29 is 4.79 Å². The third-order valence-electron chi connectivity index (χ3n) is 4.01. The highest BCUT2D eigenvalue weighted by atomic mass is 16.2. The Balaban J connectivity index is 2.12. The SMILES string of the molecule is CCCN(CC1CCCN1)C(=O)c1ccccc1CC. The van der Waals surface area contributed by atoms with Crippen LogP contribution in [0.1, 0.15) is 49.0 Å². The quantitative estimate of drug-likeness (QED) is 0.865. The van der Waals surface area contributed by atoms with Crippen molar-refractivity contribution in [3.05, 3.63) is 35.4 Å². The van der Waals surface area contributed by atoms with Crippen LogP contribution >= 0.6 is 0 Å². The van der Waals surface area contributed by atoms with E-state index < -0.39 is 0 Å². The molecule has 110 valence electrons. The van der Waals surface area contributed by atoms with Crippen molar-refractivity contribution >= 4 is 5.91 Å². The third-order valence-corrected chi connectivity index (χ3v) is 4.01. The minimum absolute atomic E-state index is 0.193. The van der Waals surface area contributed by atoms with Crippen LogP contribution in [0, 0.1) is 0 Å². The summed E-state index contributed by atoms with van der Waals surface area (Å²) in [6.45, 7) is 7.01. The Hall–Kier alpha value is -1.35. The van der Waals surface area contributed by atoms with Gasteiger partial charge in [0.25, 0.3) is 5.91 Å². The van der Waals surface area contributed by atoms with Crippen molar-refractivity contribution in [3.8, 4) is 0 Å². The molecule has 0 aliphatic carbocycles. The second kappa shape index (κ2) is 7.44. The summed E-state index contributed by atoms with van der Waals surface area (Å²) < 4.78 is 0. The van der Waals surface area contributed by atoms with E-state index in [2.05, 4.69) is 25.2 Å². The number of nitrogens with zero attached hydrogens (tertiary/aromatic N) is 1. The second-order valence-corrected chi connectivity index (χ2v) is 5.56. The maximum atomic E-state index is 12.8. The number of nitrogens with one attached hydrogen (secondary N) is 1. The lowest BCUT2D eigenvalue weighted by atomic mass is 10.0. The van der Waals surface area contributed by atoms with Crippen LogP contribution in [0.5, 0.6) is 0 Å². The predicted molar refractivity (Wildman–Crippen MR) is 83.0 cm³/mol. The predicted octanol–water partition coefficient (Wildman–Crippen LogP) is 2.85. The summed E-state index contributed by atoms with van der Waals surface area (Å²) >= 11 is 0. The van der Waals surface area contributed by atoms with E-state index in [9.17, 15) is 4.79 Å². The van der Waals surface area contributed by atoms with E-state index in [4.69, 9.17) is 0 Å². The molecule has 1 saturated heterocycles. The molecule has 1 aromatic rings. The van der Waals surface area contributed by atoms with E-state index in [1.54, 1.807) is 0 Å². The van der Waals surface area contributed by atoms with Gasteiger partial charge in [-0.2, -0.15) is 0 Å². The Kier molecular flexibility index (Phi) is 5.60. The van der Waals surface area contributed by atoms with Gasteiger partial charge in [-0.15, -0.1) is 0 Å². The van der Waals surface area contributed by atoms with Crippen LogP contribution in [-0.2, 0) is 6.42 Å². The first kappa shape index (κ1) is 15.0. The fourth-order valence-corrected chi connectivity index (χ4v) is 2.93. The first-order valence-electron chi connectivity index (χ1n) is 7.86. The van der Waals surface area contributed by atoms with Gasteiger partial charge in [0.2, 0.25) is 0 Å². The Morgan fingerprint density at radius 3 is 2.80 bits per heavy atom. The van der Waals surface area contributed by atoms with Gasteiger partial charge in [-0.05, 0) is 43.9 Å². The van der Waals surface area contributed by atoms with E-state index in [-0.39, 0.29) is 5.91 Å². The number of aryl methyl sites for hydroxylation is 1. The highest BCUT2D eigenvalue weighted by Crippen LogP contribution is 2.15. The fourth-order valence-electron chi connectivity index (χ4n) is 2.93. The summed E-state index contributed by atoms with van der Waals surface area (Å²) in [4.78, 5) is 14.8. The molecule has 0 spiro atoms. The van der Waals surface area contributed by atoms with Crippen molar-refractivity contribution in [2.45, 2.75) is 45.6 Å². The summed E-state index contributed by atoms with van der Waals surface area (Å²) in [7, 11) is 0. The maximum Gasteiger partial charge on any atom is 0.254 e. The molecule has 1 heterocycles. The molecule has 1 fully saturated rings. The van der Waals surface area contributed by atoms with Crippen molar-refractivity contribution in [3.63, 3.8) is 0 Å². The number of amides is 1. The van der Waals surface area contributed by atoms with Gasteiger partial charge < -0.3 is 10.2 Å². The lowest BCUT2D eigenvalue weighted by Gasteiger charge is -2.26. The molecule has 1 atom stereocenters. The Labute approximate surface area is 122 Å². The Morgan fingerprint density at radius 2 is 2.15 bits per heavy atom. The summed E-state index contributed by atoms with van der Waals surface area (Å²) in [6, 6.07) is 8.47. The van der Waals surface area contributed by atoms with E-state index in [0.29, 0.717) is 6.04 Å². The lowest BCUT2D eigenvalue weighted by Crippen LogP contribution is -2.41. The van der Waals surface area contributed by atoms with E-state index in [0.717, 1.165) is 43.6 Å². The Bertz CT molecular complexity index is 438. The van der Waals surface area contributed by atoms with Crippen LogP contribution in [0.2, 0.25) is 0 Å². The smallest absolute Gasteiger partial charge is 0.254 e. The molecule has 0 radical (unpaired) electrons. The highest BCUT2D eigenvalue weighted by molar-refractivity contribution is 5.95. The number of benzene rings is 1. The molecule has 0 aromatic heterocycles. The molecule has 1 aliphatic heterocycles. The average molecular weight is 274 g/mol. The molecule has 2 rings (SSSR count). The summed E-state index contributed by atoms with van der Waals surface area (Å²) in [6.07, 6.45) is 4.32. The topological polar surface area (TPSA) is 32.3 Å². The van der Waals surface area contributed by atoms with Crippen LogP contribution in [0.4, 0.5) is 0 Å². The largest absolute Gasteiger partial charge is 0.337 e. The second-order valence-electron chi connectivity index (χ2n) is 5.56. The lowest BCUT2D eigenvalue weighted by molar-refractivity contribution is 0.0741. The van der Waals surface area contributed by atoms with Crippen LogP contribution in [-0.4, -0.2) is 36.5 Å². The molecule has 1 N–H and O–H groups in total. The zero-order chi connectivity index (χ0) is 14.4. The Morgan fingerprint density at radius 1 is 1.35 bits per heavy atom. The maximum absolute atomic E-state index is 12.8. The zero-order valence-corrected chi connectivity index (χ0v) is 12.7. The molecular formula is C17H26N2O. The standard InChI is InChI=1S/C17H26N2O/c1-3-12-19(13-15-9-7-11-18-15)17(20)16-10-6-5-8-14(16)4-2/h5-6,8,10,15,18H,3-4,7,9,11-13H2,1-2H3. The molecule has 20 heavy (non-hydrogen) atoms. The fraction of sp³-hybridized carbons (Fsp3) is 0.588. The number of carbonyl (C=O) groups is 1. The summed E-state index contributed by atoms with van der Waals surface area (Å²) in [5.74, 6) is 0.193. The number of carbonyl (C=O) groups excluding carboxylic acids is 1. The average Bonchev–Trinajstić information content (AvgIpc) is 2.99. The normalized spacial score (nSPS) is 18.2. The molecule has 3 nitrogen and oxygen atoms in total. The van der Waals surface area contributed by atoms with Crippen molar-refractivity contribution in [2.75, 3.05) is 19.6 Å². The number of hydrogen-bond donors (Lipinski definition) is 1. The van der Waals surface area contributed by atoms with Gasteiger partial charge in [-0.3, -0.25) is 4.79 Å². The van der Waals surface area contributed by atoms with Crippen LogP contribution in [0.3, 0.4) is 0 Å². The van der Waals surface area contributed by atoms with Gasteiger partial charge >= 0.3 is 0 Å². The number of hydrogen-bond acceptors (Lipinski definition) is 2.